The fourth-order valence-corrected chi connectivity index (χ4v) is 1.89. The molecule has 3 aromatic rings. The summed E-state index contributed by atoms with van der Waals surface area (Å²) < 4.78 is 26.0. The van der Waals surface area contributed by atoms with E-state index in [9.17, 15) is 13.6 Å². The van der Waals surface area contributed by atoms with Crippen LogP contribution in [0.3, 0.4) is 0 Å². The summed E-state index contributed by atoms with van der Waals surface area (Å²) in [5, 5.41) is 3.32. The third-order valence-corrected chi connectivity index (χ3v) is 2.88. The first kappa shape index (κ1) is 12.3. The predicted molar refractivity (Wildman–Crippen MR) is 70.4 cm³/mol. The average Bonchev–Trinajstić information content (AvgIpc) is 2.89. The van der Waals surface area contributed by atoms with Crippen LogP contribution in [-0.4, -0.2) is 15.9 Å². The number of halogens is 2. The Morgan fingerprint density at radius 1 is 1.15 bits per heavy atom. The zero-order chi connectivity index (χ0) is 14.1. The normalized spacial score (nSPS) is 10.7. The van der Waals surface area contributed by atoms with Crippen LogP contribution in [0.4, 0.5) is 14.5 Å². The minimum absolute atomic E-state index is 0.164. The number of H-pyrrole nitrogens is 1. The second-order valence-electron chi connectivity index (χ2n) is 4.21. The Morgan fingerprint density at radius 3 is 2.80 bits per heavy atom. The van der Waals surface area contributed by atoms with E-state index in [1.165, 1.54) is 0 Å². The maximum absolute atomic E-state index is 13.4. The molecule has 6 heteroatoms. The molecular weight excluding hydrogens is 264 g/mol. The van der Waals surface area contributed by atoms with E-state index in [0.29, 0.717) is 5.56 Å². The maximum atomic E-state index is 13.4. The van der Waals surface area contributed by atoms with Crippen molar-refractivity contribution in [3.05, 3.63) is 60.1 Å². The molecule has 0 spiro atoms. The molecule has 0 saturated heterocycles. The zero-order valence-corrected chi connectivity index (χ0v) is 10.2. The molecule has 0 fully saturated rings. The number of benzene rings is 1. The van der Waals surface area contributed by atoms with Crippen molar-refractivity contribution in [2.45, 2.75) is 0 Å². The summed E-state index contributed by atoms with van der Waals surface area (Å²) in [6.07, 6.45) is 1.76. The quantitative estimate of drug-likeness (QED) is 0.705. The summed E-state index contributed by atoms with van der Waals surface area (Å²) in [5.41, 5.74) is 1.00. The molecule has 0 unspecified atom stereocenters. The number of hydrogen-bond donors (Lipinski definition) is 2. The molecule has 2 heterocycles. The topological polar surface area (TPSA) is 57.8 Å². The molecule has 1 aromatic carbocycles. The molecule has 0 bridgehead atoms. The van der Waals surface area contributed by atoms with E-state index in [1.54, 1.807) is 24.4 Å². The molecule has 0 aliphatic heterocycles. The van der Waals surface area contributed by atoms with Gasteiger partial charge in [0.1, 0.15) is 0 Å². The van der Waals surface area contributed by atoms with Gasteiger partial charge in [-0.3, -0.25) is 4.79 Å². The third-order valence-electron chi connectivity index (χ3n) is 2.88. The fourth-order valence-electron chi connectivity index (χ4n) is 1.89. The Kier molecular flexibility index (Phi) is 2.90. The van der Waals surface area contributed by atoms with Crippen molar-refractivity contribution < 1.29 is 13.6 Å². The molecule has 2 aromatic heterocycles. The molecule has 0 radical (unpaired) electrons. The van der Waals surface area contributed by atoms with Crippen LogP contribution < -0.4 is 5.32 Å². The SMILES string of the molecule is O=C(Nc1ccc(F)nc1F)c1ccc2cc[nH]c2c1. The summed E-state index contributed by atoms with van der Waals surface area (Å²) in [7, 11) is 0. The number of hydrogen-bond acceptors (Lipinski definition) is 2. The van der Waals surface area contributed by atoms with Crippen LogP contribution in [-0.2, 0) is 0 Å². The van der Waals surface area contributed by atoms with Gasteiger partial charge in [-0.25, -0.2) is 0 Å². The van der Waals surface area contributed by atoms with Gasteiger partial charge < -0.3 is 10.3 Å². The van der Waals surface area contributed by atoms with E-state index in [-0.39, 0.29) is 5.69 Å². The minimum atomic E-state index is -1.06. The number of aromatic amines is 1. The highest BCUT2D eigenvalue weighted by Gasteiger charge is 2.11. The molecule has 3 rings (SSSR count). The maximum Gasteiger partial charge on any atom is 0.255 e. The van der Waals surface area contributed by atoms with Crippen LogP contribution in [0.1, 0.15) is 10.4 Å². The van der Waals surface area contributed by atoms with Crippen molar-refractivity contribution >= 4 is 22.5 Å². The summed E-state index contributed by atoms with van der Waals surface area (Å²) in [6.45, 7) is 0. The van der Waals surface area contributed by atoms with Gasteiger partial charge in [0.2, 0.25) is 11.9 Å². The lowest BCUT2D eigenvalue weighted by Crippen LogP contribution is -2.13. The van der Waals surface area contributed by atoms with Gasteiger partial charge in [0.15, 0.2) is 0 Å². The standard InChI is InChI=1S/C14H9F2N3O/c15-12-4-3-10(13(16)19-12)18-14(20)9-2-1-8-5-6-17-11(8)7-9/h1-7,17H,(H,18,20). The van der Waals surface area contributed by atoms with E-state index >= 15 is 0 Å². The Labute approximate surface area is 112 Å². The van der Waals surface area contributed by atoms with Crippen molar-refractivity contribution in [1.82, 2.24) is 9.97 Å². The smallest absolute Gasteiger partial charge is 0.255 e. The molecular formula is C14H9F2N3O. The first-order valence-electron chi connectivity index (χ1n) is 5.84. The highest BCUT2D eigenvalue weighted by molar-refractivity contribution is 6.06. The number of pyridine rings is 1. The van der Waals surface area contributed by atoms with Crippen LogP contribution >= 0.6 is 0 Å². The monoisotopic (exact) mass is 273 g/mol. The van der Waals surface area contributed by atoms with E-state index in [0.717, 1.165) is 23.0 Å². The molecule has 0 aliphatic carbocycles. The fraction of sp³-hybridized carbons (Fsp3) is 0. The Balaban J connectivity index is 1.88. The van der Waals surface area contributed by atoms with E-state index in [1.807, 2.05) is 6.07 Å². The lowest BCUT2D eigenvalue weighted by atomic mass is 10.1. The number of carbonyl (C=O) groups is 1. The summed E-state index contributed by atoms with van der Waals surface area (Å²) >= 11 is 0. The second-order valence-corrected chi connectivity index (χ2v) is 4.21. The van der Waals surface area contributed by atoms with Crippen molar-refractivity contribution in [2.75, 3.05) is 5.32 Å². The largest absolute Gasteiger partial charge is 0.361 e. The number of nitrogens with zero attached hydrogens (tertiary/aromatic N) is 1. The first-order valence-corrected chi connectivity index (χ1v) is 5.84. The minimum Gasteiger partial charge on any atom is -0.361 e. The molecule has 1 amide bonds. The number of aromatic nitrogens is 2. The molecule has 0 atom stereocenters. The Morgan fingerprint density at radius 2 is 2.00 bits per heavy atom. The summed E-state index contributed by atoms with van der Waals surface area (Å²) in [6, 6.07) is 9.04. The molecule has 100 valence electrons. The van der Waals surface area contributed by atoms with Gasteiger partial charge in [0.05, 0.1) is 5.69 Å². The van der Waals surface area contributed by atoms with Crippen LogP contribution in [0, 0.1) is 11.9 Å². The lowest BCUT2D eigenvalue weighted by molar-refractivity contribution is 0.102. The highest BCUT2D eigenvalue weighted by atomic mass is 19.1. The van der Waals surface area contributed by atoms with Crippen molar-refractivity contribution in [1.29, 1.82) is 0 Å². The third kappa shape index (κ3) is 2.23. The van der Waals surface area contributed by atoms with Crippen LogP contribution in [0.5, 0.6) is 0 Å². The van der Waals surface area contributed by atoms with Crippen molar-refractivity contribution in [3.63, 3.8) is 0 Å². The Bertz CT molecular complexity index is 798. The number of fused-ring (bicyclic) bond motifs is 1. The molecule has 2 N–H and O–H groups in total. The number of anilines is 1. The Hall–Kier alpha value is -2.76. The highest BCUT2D eigenvalue weighted by Crippen LogP contribution is 2.17. The van der Waals surface area contributed by atoms with Crippen molar-refractivity contribution in [2.24, 2.45) is 0 Å². The molecule has 20 heavy (non-hydrogen) atoms. The molecule has 0 saturated carbocycles. The summed E-state index contributed by atoms with van der Waals surface area (Å²) in [5.74, 6) is -2.48. The van der Waals surface area contributed by atoms with E-state index in [4.69, 9.17) is 0 Å². The van der Waals surface area contributed by atoms with Gasteiger partial charge in [-0.1, -0.05) is 6.07 Å². The number of amides is 1. The van der Waals surface area contributed by atoms with Gasteiger partial charge in [-0.05, 0) is 35.7 Å². The number of carbonyl (C=O) groups excluding carboxylic acids is 1. The first-order chi connectivity index (χ1) is 9.63. The molecule has 0 aliphatic rings. The van der Waals surface area contributed by atoms with E-state index < -0.39 is 17.8 Å². The van der Waals surface area contributed by atoms with Gasteiger partial charge in [0.25, 0.3) is 5.91 Å². The second kappa shape index (κ2) is 4.73. The number of rotatable bonds is 2. The van der Waals surface area contributed by atoms with Gasteiger partial charge >= 0.3 is 0 Å². The van der Waals surface area contributed by atoms with E-state index in [2.05, 4.69) is 15.3 Å². The van der Waals surface area contributed by atoms with Gasteiger partial charge in [-0.15, -0.1) is 0 Å². The van der Waals surface area contributed by atoms with Crippen LogP contribution in [0.2, 0.25) is 0 Å². The zero-order valence-electron chi connectivity index (χ0n) is 10.2. The molecule has 4 nitrogen and oxygen atoms in total. The van der Waals surface area contributed by atoms with Crippen molar-refractivity contribution in [3.8, 4) is 0 Å². The van der Waals surface area contributed by atoms with Crippen LogP contribution in [0.15, 0.2) is 42.6 Å². The van der Waals surface area contributed by atoms with Gasteiger partial charge in [0, 0.05) is 17.3 Å². The summed E-state index contributed by atoms with van der Waals surface area (Å²) in [4.78, 5) is 18.0. The lowest BCUT2D eigenvalue weighted by Gasteiger charge is -2.06. The number of nitrogens with one attached hydrogen (secondary N) is 2. The average molecular weight is 273 g/mol. The van der Waals surface area contributed by atoms with Crippen LogP contribution in [0.25, 0.3) is 10.9 Å². The van der Waals surface area contributed by atoms with Gasteiger partial charge in [-0.2, -0.15) is 13.8 Å². The predicted octanol–water partition coefficient (Wildman–Crippen LogP) is 3.09.